The zero-order valence-electron chi connectivity index (χ0n) is 17.8. The highest BCUT2D eigenvalue weighted by molar-refractivity contribution is 5.88. The molecule has 8 nitrogen and oxygen atoms in total. The molecule has 168 valence electrons. The molecule has 1 aromatic carbocycles. The van der Waals surface area contributed by atoms with Crippen molar-refractivity contribution < 1.29 is 15.0 Å². The van der Waals surface area contributed by atoms with Crippen molar-refractivity contribution in [1.29, 1.82) is 0 Å². The van der Waals surface area contributed by atoms with Crippen LogP contribution < -0.4 is 16.6 Å². The van der Waals surface area contributed by atoms with Gasteiger partial charge in [0.25, 0.3) is 5.56 Å². The number of aromatic hydroxyl groups is 1. The highest BCUT2D eigenvalue weighted by Gasteiger charge is 2.25. The number of aliphatic carboxylic acids is 1. The van der Waals surface area contributed by atoms with Gasteiger partial charge in [0.1, 0.15) is 11.1 Å². The van der Waals surface area contributed by atoms with E-state index in [1.54, 1.807) is 10.6 Å². The number of nitrogens with zero attached hydrogens (tertiary/aromatic N) is 2. The highest BCUT2D eigenvalue weighted by atomic mass is 16.4. The van der Waals surface area contributed by atoms with Gasteiger partial charge in [0.2, 0.25) is 0 Å². The second-order valence-corrected chi connectivity index (χ2v) is 8.91. The third-order valence-corrected chi connectivity index (χ3v) is 6.69. The van der Waals surface area contributed by atoms with Crippen molar-refractivity contribution in [2.24, 2.45) is 0 Å². The summed E-state index contributed by atoms with van der Waals surface area (Å²) < 4.78 is 2.76. The highest BCUT2D eigenvalue weighted by Crippen LogP contribution is 2.34. The second kappa shape index (κ2) is 9.16. The van der Waals surface area contributed by atoms with Gasteiger partial charge in [-0.3, -0.25) is 18.7 Å². The number of phenolic OH excluding ortho intramolecular Hbond substituents is 1. The number of aromatic nitrogens is 2. The van der Waals surface area contributed by atoms with Gasteiger partial charge in [-0.25, -0.2) is 4.79 Å². The van der Waals surface area contributed by atoms with Crippen LogP contribution in [0.4, 0.5) is 5.69 Å². The van der Waals surface area contributed by atoms with Gasteiger partial charge in [-0.15, -0.1) is 0 Å². The van der Waals surface area contributed by atoms with Gasteiger partial charge in [-0.1, -0.05) is 32.1 Å². The lowest BCUT2D eigenvalue weighted by molar-refractivity contribution is -0.137. The van der Waals surface area contributed by atoms with Gasteiger partial charge >= 0.3 is 11.7 Å². The first-order chi connectivity index (χ1) is 15.0. The molecule has 2 saturated carbocycles. The maximum absolute atomic E-state index is 13.4. The SMILES string of the molecule is O=C(O)CCCn1c(=O)c2c(O)cc(NC3CCCCC3)cc2n(C2CCCC2)c1=O. The van der Waals surface area contributed by atoms with Crippen molar-refractivity contribution in [2.45, 2.75) is 89.3 Å². The van der Waals surface area contributed by atoms with E-state index in [4.69, 9.17) is 5.11 Å². The number of carbonyl (C=O) groups is 1. The minimum absolute atomic E-state index is 0.0220. The van der Waals surface area contributed by atoms with Crippen LogP contribution in [0.1, 0.15) is 76.7 Å². The van der Waals surface area contributed by atoms with Crippen molar-refractivity contribution in [3.05, 3.63) is 33.0 Å². The molecule has 0 spiro atoms. The van der Waals surface area contributed by atoms with E-state index in [-0.39, 0.29) is 36.6 Å². The van der Waals surface area contributed by atoms with Crippen LogP contribution in [-0.4, -0.2) is 31.4 Å². The molecule has 31 heavy (non-hydrogen) atoms. The fraction of sp³-hybridized carbons (Fsp3) is 0.609. The smallest absolute Gasteiger partial charge is 0.331 e. The van der Waals surface area contributed by atoms with Crippen molar-refractivity contribution >= 4 is 22.6 Å². The summed E-state index contributed by atoms with van der Waals surface area (Å²) in [6, 6.07) is 3.70. The first kappa shape index (κ1) is 21.5. The third-order valence-electron chi connectivity index (χ3n) is 6.69. The topological polar surface area (TPSA) is 114 Å². The summed E-state index contributed by atoms with van der Waals surface area (Å²) in [5, 5.41) is 23.3. The Balaban J connectivity index is 1.82. The number of carboxylic acid groups (broad SMARTS) is 1. The first-order valence-corrected chi connectivity index (χ1v) is 11.5. The van der Waals surface area contributed by atoms with Gasteiger partial charge in [0.15, 0.2) is 0 Å². The lowest BCUT2D eigenvalue weighted by atomic mass is 9.95. The average Bonchev–Trinajstić information content (AvgIpc) is 3.25. The Morgan fingerprint density at radius 2 is 1.71 bits per heavy atom. The summed E-state index contributed by atoms with van der Waals surface area (Å²) in [5.74, 6) is -1.11. The Labute approximate surface area is 180 Å². The second-order valence-electron chi connectivity index (χ2n) is 8.91. The summed E-state index contributed by atoms with van der Waals surface area (Å²) >= 11 is 0. The number of phenols is 1. The molecule has 2 fully saturated rings. The summed E-state index contributed by atoms with van der Waals surface area (Å²) in [6.45, 7) is 0.0220. The Morgan fingerprint density at radius 1 is 1.03 bits per heavy atom. The minimum Gasteiger partial charge on any atom is -0.507 e. The molecule has 3 N–H and O–H groups in total. The van der Waals surface area contributed by atoms with E-state index in [1.165, 1.54) is 19.3 Å². The molecule has 0 amide bonds. The fourth-order valence-corrected chi connectivity index (χ4v) is 5.14. The molecule has 8 heteroatoms. The Morgan fingerprint density at radius 3 is 2.39 bits per heavy atom. The average molecular weight is 430 g/mol. The van der Waals surface area contributed by atoms with Crippen LogP contribution in [0.5, 0.6) is 5.75 Å². The number of carboxylic acids is 1. The molecular weight excluding hydrogens is 398 g/mol. The van der Waals surface area contributed by atoms with E-state index < -0.39 is 17.2 Å². The zero-order chi connectivity index (χ0) is 22.0. The Hall–Kier alpha value is -2.77. The number of fused-ring (bicyclic) bond motifs is 1. The zero-order valence-corrected chi connectivity index (χ0v) is 17.8. The molecule has 1 aromatic heterocycles. The van der Waals surface area contributed by atoms with Crippen LogP contribution in [-0.2, 0) is 11.3 Å². The van der Waals surface area contributed by atoms with Gasteiger partial charge in [-0.2, -0.15) is 0 Å². The van der Waals surface area contributed by atoms with Crippen LogP contribution in [0.3, 0.4) is 0 Å². The maximum atomic E-state index is 13.4. The molecule has 0 bridgehead atoms. The molecule has 0 unspecified atom stereocenters. The number of hydrogen-bond acceptors (Lipinski definition) is 5. The molecule has 0 atom stereocenters. The van der Waals surface area contributed by atoms with E-state index >= 15 is 0 Å². The van der Waals surface area contributed by atoms with Crippen LogP contribution >= 0.6 is 0 Å². The number of benzene rings is 1. The van der Waals surface area contributed by atoms with Crippen LogP contribution in [0.2, 0.25) is 0 Å². The van der Waals surface area contributed by atoms with Crippen LogP contribution in [0.15, 0.2) is 21.7 Å². The number of nitrogens with one attached hydrogen (secondary N) is 1. The van der Waals surface area contributed by atoms with Crippen LogP contribution in [0.25, 0.3) is 10.9 Å². The molecule has 0 radical (unpaired) electrons. The lowest BCUT2D eigenvalue weighted by Gasteiger charge is -2.25. The Kier molecular flexibility index (Phi) is 6.34. The predicted molar refractivity (Wildman–Crippen MR) is 119 cm³/mol. The van der Waals surface area contributed by atoms with E-state index in [9.17, 15) is 19.5 Å². The van der Waals surface area contributed by atoms with E-state index in [0.29, 0.717) is 11.6 Å². The molecule has 0 aliphatic heterocycles. The fourth-order valence-electron chi connectivity index (χ4n) is 5.14. The number of rotatable bonds is 7. The summed E-state index contributed by atoms with van der Waals surface area (Å²) in [7, 11) is 0. The number of anilines is 1. The van der Waals surface area contributed by atoms with Gasteiger partial charge < -0.3 is 15.5 Å². The van der Waals surface area contributed by atoms with Gasteiger partial charge in [0.05, 0.1) is 5.52 Å². The third kappa shape index (κ3) is 4.48. The lowest BCUT2D eigenvalue weighted by Crippen LogP contribution is -2.41. The van der Waals surface area contributed by atoms with Crippen LogP contribution in [0, 0.1) is 0 Å². The monoisotopic (exact) mass is 429 g/mol. The normalized spacial score (nSPS) is 17.9. The molecule has 2 aliphatic carbocycles. The minimum atomic E-state index is -0.966. The summed E-state index contributed by atoms with van der Waals surface area (Å²) in [5.41, 5.74) is 0.228. The van der Waals surface area contributed by atoms with Crippen molar-refractivity contribution in [3.8, 4) is 5.75 Å². The van der Waals surface area contributed by atoms with Gasteiger partial charge in [0, 0.05) is 36.8 Å². The number of hydrogen-bond donors (Lipinski definition) is 3. The maximum Gasteiger partial charge on any atom is 0.331 e. The Bertz CT molecular complexity index is 1080. The van der Waals surface area contributed by atoms with Crippen molar-refractivity contribution in [2.75, 3.05) is 5.32 Å². The predicted octanol–water partition coefficient (Wildman–Crippen LogP) is 3.59. The van der Waals surface area contributed by atoms with Crippen molar-refractivity contribution in [1.82, 2.24) is 9.13 Å². The molecule has 0 saturated heterocycles. The molecule has 2 aromatic rings. The van der Waals surface area contributed by atoms with E-state index in [1.807, 2.05) is 6.07 Å². The quantitative estimate of drug-likeness (QED) is 0.620. The van der Waals surface area contributed by atoms with E-state index in [2.05, 4.69) is 5.32 Å². The van der Waals surface area contributed by atoms with E-state index in [0.717, 1.165) is 48.8 Å². The molecule has 4 rings (SSSR count). The van der Waals surface area contributed by atoms with Crippen molar-refractivity contribution in [3.63, 3.8) is 0 Å². The molecular formula is C23H31N3O5. The van der Waals surface area contributed by atoms with Gasteiger partial charge in [-0.05, 0) is 38.2 Å². The standard InChI is InChI=1S/C23H31N3O5/c27-19-14-16(24-15-7-2-1-3-8-15)13-18-21(19)22(30)25(12-6-11-20(28)29)23(31)26(18)17-9-4-5-10-17/h13-15,17,24,27H,1-12H2,(H,28,29). The first-order valence-electron chi connectivity index (χ1n) is 11.5. The summed E-state index contributed by atoms with van der Waals surface area (Å²) in [4.78, 5) is 37.4. The molecule has 2 aliphatic rings. The summed E-state index contributed by atoms with van der Waals surface area (Å²) in [6.07, 6.45) is 9.52. The largest absolute Gasteiger partial charge is 0.507 e. The molecule has 1 heterocycles.